The molecule has 0 aromatic rings. The molecule has 0 amide bonds. The molecule has 3 saturated carbocycles. The first-order chi connectivity index (χ1) is 15.2. The smallest absolute Gasteiger partial charge is 0.316 e. The molecule has 2 bridgehead atoms. The number of piperidine rings is 1. The Morgan fingerprint density at radius 3 is 2.69 bits per heavy atom. The highest BCUT2D eigenvalue weighted by Gasteiger charge is 2.66. The second kappa shape index (κ2) is 9.07. The number of nitrogens with one attached hydrogen (secondary N) is 1. The molecule has 32 heavy (non-hydrogen) atoms. The van der Waals surface area contributed by atoms with Gasteiger partial charge in [-0.15, -0.1) is 18.3 Å². The summed E-state index contributed by atoms with van der Waals surface area (Å²) in [5, 5.41) is 15.4. The van der Waals surface area contributed by atoms with E-state index in [1.165, 1.54) is 0 Å². The van der Waals surface area contributed by atoms with Gasteiger partial charge in [0.25, 0.3) is 0 Å². The van der Waals surface area contributed by atoms with Gasteiger partial charge in [0, 0.05) is 28.4 Å². The van der Waals surface area contributed by atoms with Gasteiger partial charge in [-0.3, -0.25) is 9.59 Å². The minimum atomic E-state index is -0.610. The number of aliphatic hydroxyl groups excluding tert-OH is 1. The molecule has 6 heteroatoms. The summed E-state index contributed by atoms with van der Waals surface area (Å²) in [6.45, 7) is 12.4. The van der Waals surface area contributed by atoms with Gasteiger partial charge in [-0.25, -0.2) is 0 Å². The van der Waals surface area contributed by atoms with Crippen LogP contribution < -0.4 is 5.32 Å². The zero-order valence-electron chi connectivity index (χ0n) is 20.0. The minimum absolute atomic E-state index is 0.00805. The van der Waals surface area contributed by atoms with Crippen molar-refractivity contribution in [1.29, 1.82) is 0 Å². The molecule has 3 unspecified atom stereocenters. The van der Waals surface area contributed by atoms with E-state index in [0.717, 1.165) is 51.6 Å². The van der Waals surface area contributed by atoms with Gasteiger partial charge in [0.05, 0.1) is 11.9 Å². The summed E-state index contributed by atoms with van der Waals surface area (Å²) in [7, 11) is 0. The molecule has 1 saturated heterocycles. The predicted octanol–water partition coefficient (Wildman–Crippen LogP) is 4.13. The lowest BCUT2D eigenvalue weighted by Crippen LogP contribution is -2.60. The van der Waals surface area contributed by atoms with Crippen LogP contribution in [-0.2, 0) is 14.3 Å². The number of Topliss-reactive ketones (excluding diaryl/α,β-unsaturated/α-hetero) is 1. The van der Waals surface area contributed by atoms with Crippen molar-refractivity contribution in [2.45, 2.75) is 89.6 Å². The normalized spacial score (nSPS) is 44.9. The van der Waals surface area contributed by atoms with Crippen LogP contribution in [0.2, 0.25) is 0 Å². The number of ketones is 1. The lowest BCUT2D eigenvalue weighted by Gasteiger charge is -2.59. The number of rotatable bonds is 5. The summed E-state index contributed by atoms with van der Waals surface area (Å²) >= 11 is 1.70. The number of esters is 1. The Kier molecular flexibility index (Phi) is 6.88. The molecule has 0 aromatic carbocycles. The third kappa shape index (κ3) is 3.98. The first kappa shape index (κ1) is 24.3. The SMILES string of the molecule is C=C[C@]1(C)C[C@@H](OC(=O)CSC2CCNCC2)[C@]2(C)CCCC3(CCC(=O)C32)[C@@H](C)C1O. The fourth-order valence-corrected chi connectivity index (χ4v) is 8.64. The summed E-state index contributed by atoms with van der Waals surface area (Å²) in [4.78, 5) is 26.3. The fraction of sp³-hybridized carbons (Fsp3) is 0.846. The second-order valence-corrected chi connectivity index (χ2v) is 12.7. The van der Waals surface area contributed by atoms with Crippen molar-refractivity contribution in [3.05, 3.63) is 12.7 Å². The Labute approximate surface area is 197 Å². The first-order valence-electron chi connectivity index (χ1n) is 12.5. The van der Waals surface area contributed by atoms with Gasteiger partial charge in [-0.2, -0.15) is 0 Å². The zero-order chi connectivity index (χ0) is 23.1. The van der Waals surface area contributed by atoms with E-state index in [-0.39, 0.29) is 34.7 Å². The lowest BCUT2D eigenvalue weighted by molar-refractivity contribution is -0.193. The van der Waals surface area contributed by atoms with Gasteiger partial charge in [-0.1, -0.05) is 33.3 Å². The van der Waals surface area contributed by atoms with Crippen LogP contribution in [0.1, 0.15) is 72.1 Å². The highest BCUT2D eigenvalue weighted by Crippen LogP contribution is 2.66. The predicted molar refractivity (Wildman–Crippen MR) is 128 cm³/mol. The van der Waals surface area contributed by atoms with Crippen molar-refractivity contribution >= 4 is 23.5 Å². The highest BCUT2D eigenvalue weighted by atomic mass is 32.2. The molecule has 2 N–H and O–H groups in total. The quantitative estimate of drug-likeness (QED) is 0.472. The van der Waals surface area contributed by atoms with Crippen molar-refractivity contribution in [3.8, 4) is 0 Å². The molecule has 180 valence electrons. The molecule has 4 fully saturated rings. The van der Waals surface area contributed by atoms with Gasteiger partial charge >= 0.3 is 5.97 Å². The van der Waals surface area contributed by atoms with Crippen molar-refractivity contribution in [2.75, 3.05) is 18.8 Å². The van der Waals surface area contributed by atoms with Crippen LogP contribution in [0, 0.1) is 28.1 Å². The van der Waals surface area contributed by atoms with E-state index in [2.05, 4.69) is 25.7 Å². The molecule has 7 atom stereocenters. The molecule has 4 rings (SSSR count). The maximum absolute atomic E-state index is 13.3. The van der Waals surface area contributed by atoms with E-state index in [1.54, 1.807) is 11.8 Å². The monoisotopic (exact) mass is 463 g/mol. The first-order valence-corrected chi connectivity index (χ1v) is 13.6. The molecule has 1 aliphatic heterocycles. The topological polar surface area (TPSA) is 75.6 Å². The third-order valence-electron chi connectivity index (χ3n) is 9.63. The largest absolute Gasteiger partial charge is 0.461 e. The molecule has 3 aliphatic carbocycles. The average Bonchev–Trinajstić information content (AvgIpc) is 3.15. The van der Waals surface area contributed by atoms with Gasteiger partial charge < -0.3 is 15.2 Å². The molecular formula is C26H41NO4S. The number of ether oxygens (including phenoxy) is 1. The number of aliphatic hydroxyl groups is 1. The zero-order valence-corrected chi connectivity index (χ0v) is 20.8. The van der Waals surface area contributed by atoms with Crippen molar-refractivity contribution in [3.63, 3.8) is 0 Å². The van der Waals surface area contributed by atoms with Gasteiger partial charge in [0.1, 0.15) is 11.9 Å². The second-order valence-electron chi connectivity index (χ2n) is 11.4. The highest BCUT2D eigenvalue weighted by molar-refractivity contribution is 8.00. The van der Waals surface area contributed by atoms with E-state index >= 15 is 0 Å². The Morgan fingerprint density at radius 2 is 2.00 bits per heavy atom. The van der Waals surface area contributed by atoms with Crippen LogP contribution in [0.3, 0.4) is 0 Å². The molecule has 1 heterocycles. The maximum atomic E-state index is 13.3. The number of carbonyl (C=O) groups excluding carboxylic acids is 2. The average molecular weight is 464 g/mol. The summed E-state index contributed by atoms with van der Waals surface area (Å²) in [5.74, 6) is 0.339. The van der Waals surface area contributed by atoms with Crippen LogP contribution in [0.5, 0.6) is 0 Å². The van der Waals surface area contributed by atoms with Crippen LogP contribution >= 0.6 is 11.8 Å². The summed E-state index contributed by atoms with van der Waals surface area (Å²) in [6, 6.07) is 0. The summed E-state index contributed by atoms with van der Waals surface area (Å²) in [5.41, 5.74) is -1.16. The van der Waals surface area contributed by atoms with E-state index < -0.39 is 11.5 Å². The van der Waals surface area contributed by atoms with Gasteiger partial charge in [0.15, 0.2) is 0 Å². The molecule has 0 radical (unpaired) electrons. The van der Waals surface area contributed by atoms with E-state index in [1.807, 2.05) is 13.0 Å². The van der Waals surface area contributed by atoms with Gasteiger partial charge in [0.2, 0.25) is 0 Å². The fourth-order valence-electron chi connectivity index (χ4n) is 7.63. The maximum Gasteiger partial charge on any atom is 0.316 e. The van der Waals surface area contributed by atoms with Crippen molar-refractivity contribution in [1.82, 2.24) is 5.32 Å². The standard InChI is InChI=1S/C26H41NO4S/c1-5-24(3)15-20(31-21(29)16-32-18-8-13-27-14-9-18)25(4)10-6-11-26(17(2)23(24)30)12-7-19(28)22(25)26/h5,17-18,20,22-23,27,30H,1,6-16H2,2-4H3/t17-,20+,22?,23?,24+,25-,26?/m0/s1. The van der Waals surface area contributed by atoms with Crippen LogP contribution in [0.4, 0.5) is 0 Å². The Balaban J connectivity index is 1.61. The van der Waals surface area contributed by atoms with Crippen molar-refractivity contribution in [2.24, 2.45) is 28.1 Å². The Bertz CT molecular complexity index is 752. The number of hydrogen-bond acceptors (Lipinski definition) is 6. The van der Waals surface area contributed by atoms with Gasteiger partial charge in [-0.05, 0) is 62.9 Å². The molecule has 0 spiro atoms. The summed E-state index contributed by atoms with van der Waals surface area (Å²) < 4.78 is 6.25. The Morgan fingerprint density at radius 1 is 1.28 bits per heavy atom. The van der Waals surface area contributed by atoms with E-state index in [4.69, 9.17) is 4.74 Å². The lowest BCUT2D eigenvalue weighted by atomic mass is 9.46. The van der Waals surface area contributed by atoms with E-state index in [9.17, 15) is 14.7 Å². The third-order valence-corrected chi connectivity index (χ3v) is 11.0. The molecule has 0 aromatic heterocycles. The number of hydrogen-bond donors (Lipinski definition) is 2. The Hall–Kier alpha value is -0.850. The van der Waals surface area contributed by atoms with Crippen LogP contribution in [0.25, 0.3) is 0 Å². The molecule has 5 nitrogen and oxygen atoms in total. The van der Waals surface area contributed by atoms with E-state index in [0.29, 0.717) is 29.6 Å². The number of carbonyl (C=O) groups is 2. The summed E-state index contributed by atoms with van der Waals surface area (Å²) in [6.07, 6.45) is 7.82. The minimum Gasteiger partial charge on any atom is -0.461 e. The van der Waals surface area contributed by atoms with Crippen LogP contribution in [0.15, 0.2) is 12.7 Å². The number of thioether (sulfide) groups is 1. The van der Waals surface area contributed by atoms with Crippen LogP contribution in [-0.4, -0.2) is 53.2 Å². The molecular weight excluding hydrogens is 422 g/mol. The molecule has 4 aliphatic rings. The van der Waals surface area contributed by atoms with Crippen molar-refractivity contribution < 1.29 is 19.4 Å².